The third-order valence-electron chi connectivity index (χ3n) is 1.77. The van der Waals surface area contributed by atoms with Crippen molar-refractivity contribution in [2.45, 2.75) is 20.5 Å². The second kappa shape index (κ2) is 5.40. The zero-order valence-corrected chi connectivity index (χ0v) is 9.73. The summed E-state index contributed by atoms with van der Waals surface area (Å²) in [6.07, 6.45) is 0. The van der Waals surface area contributed by atoms with E-state index in [0.29, 0.717) is 6.61 Å². The van der Waals surface area contributed by atoms with Gasteiger partial charge in [-0.25, -0.2) is 0 Å². The standard InChI is InChI=1S/C11H15BrO/c1-9-5-10(2)7-11(6-9)8-13-4-3-12/h5-7H,3-4,8H2,1-2H3. The molecule has 0 radical (unpaired) electrons. The smallest absolute Gasteiger partial charge is 0.0717 e. The van der Waals surface area contributed by atoms with Crippen molar-refractivity contribution in [2.24, 2.45) is 0 Å². The van der Waals surface area contributed by atoms with E-state index in [2.05, 4.69) is 48.0 Å². The summed E-state index contributed by atoms with van der Waals surface area (Å²) in [5.74, 6) is 0. The number of rotatable bonds is 4. The zero-order chi connectivity index (χ0) is 9.68. The van der Waals surface area contributed by atoms with Crippen molar-refractivity contribution < 1.29 is 4.74 Å². The minimum absolute atomic E-state index is 0.716. The summed E-state index contributed by atoms with van der Waals surface area (Å²) in [4.78, 5) is 0. The fraction of sp³-hybridized carbons (Fsp3) is 0.455. The van der Waals surface area contributed by atoms with Crippen LogP contribution in [0.3, 0.4) is 0 Å². The second-order valence-corrected chi connectivity index (χ2v) is 4.03. The number of aryl methyl sites for hydroxylation is 2. The van der Waals surface area contributed by atoms with Crippen LogP contribution in [-0.2, 0) is 11.3 Å². The molecule has 0 aliphatic rings. The lowest BCUT2D eigenvalue weighted by Gasteiger charge is -2.05. The first kappa shape index (κ1) is 10.7. The van der Waals surface area contributed by atoms with E-state index in [-0.39, 0.29) is 0 Å². The normalized spacial score (nSPS) is 10.4. The Morgan fingerprint density at radius 1 is 1.15 bits per heavy atom. The molecule has 0 aromatic heterocycles. The number of benzene rings is 1. The molecule has 0 heterocycles. The predicted octanol–water partition coefficient (Wildman–Crippen LogP) is 3.21. The summed E-state index contributed by atoms with van der Waals surface area (Å²) >= 11 is 3.33. The van der Waals surface area contributed by atoms with Gasteiger partial charge in [0.15, 0.2) is 0 Å². The van der Waals surface area contributed by atoms with E-state index in [1.165, 1.54) is 16.7 Å². The largest absolute Gasteiger partial charge is 0.376 e. The van der Waals surface area contributed by atoms with Gasteiger partial charge in [-0.1, -0.05) is 45.3 Å². The van der Waals surface area contributed by atoms with Gasteiger partial charge in [-0.15, -0.1) is 0 Å². The van der Waals surface area contributed by atoms with Crippen LogP contribution in [0.15, 0.2) is 18.2 Å². The molecule has 0 saturated heterocycles. The third-order valence-corrected chi connectivity index (χ3v) is 2.10. The molecule has 0 aliphatic heterocycles. The first-order valence-corrected chi connectivity index (χ1v) is 5.55. The van der Waals surface area contributed by atoms with Crippen LogP contribution >= 0.6 is 15.9 Å². The van der Waals surface area contributed by atoms with Crippen molar-refractivity contribution in [3.8, 4) is 0 Å². The van der Waals surface area contributed by atoms with Gasteiger partial charge in [0.05, 0.1) is 13.2 Å². The van der Waals surface area contributed by atoms with Crippen LogP contribution in [-0.4, -0.2) is 11.9 Å². The van der Waals surface area contributed by atoms with Gasteiger partial charge in [0.25, 0.3) is 0 Å². The summed E-state index contributed by atoms with van der Waals surface area (Å²) in [7, 11) is 0. The molecule has 0 amide bonds. The number of halogens is 1. The van der Waals surface area contributed by atoms with Crippen LogP contribution in [0.25, 0.3) is 0 Å². The van der Waals surface area contributed by atoms with E-state index in [0.717, 1.165) is 11.9 Å². The summed E-state index contributed by atoms with van der Waals surface area (Å²) in [5.41, 5.74) is 3.87. The lowest BCUT2D eigenvalue weighted by Crippen LogP contribution is -1.96. The monoisotopic (exact) mass is 242 g/mol. The van der Waals surface area contributed by atoms with Crippen LogP contribution in [0.4, 0.5) is 0 Å². The van der Waals surface area contributed by atoms with Gasteiger partial charge < -0.3 is 4.74 Å². The lowest BCUT2D eigenvalue weighted by molar-refractivity contribution is 0.137. The Morgan fingerprint density at radius 3 is 2.31 bits per heavy atom. The highest BCUT2D eigenvalue weighted by Gasteiger charge is 1.95. The van der Waals surface area contributed by atoms with Crippen molar-refractivity contribution in [1.29, 1.82) is 0 Å². The van der Waals surface area contributed by atoms with Crippen molar-refractivity contribution in [2.75, 3.05) is 11.9 Å². The predicted molar refractivity (Wildman–Crippen MR) is 59.4 cm³/mol. The molecule has 72 valence electrons. The molecule has 0 unspecified atom stereocenters. The lowest BCUT2D eigenvalue weighted by atomic mass is 10.1. The average Bonchev–Trinajstić information content (AvgIpc) is 2.03. The molecule has 1 aromatic rings. The molecule has 13 heavy (non-hydrogen) atoms. The van der Waals surface area contributed by atoms with Crippen LogP contribution < -0.4 is 0 Å². The van der Waals surface area contributed by atoms with Gasteiger partial charge in [0, 0.05) is 5.33 Å². The van der Waals surface area contributed by atoms with Crippen LogP contribution in [0, 0.1) is 13.8 Å². The van der Waals surface area contributed by atoms with Gasteiger partial charge in [0.2, 0.25) is 0 Å². The maximum absolute atomic E-state index is 5.43. The summed E-state index contributed by atoms with van der Waals surface area (Å²) in [5, 5.41) is 0.901. The van der Waals surface area contributed by atoms with Crippen LogP contribution in [0.2, 0.25) is 0 Å². The van der Waals surface area contributed by atoms with Gasteiger partial charge in [-0.2, -0.15) is 0 Å². The Bertz CT molecular complexity index is 251. The molecule has 0 aliphatic carbocycles. The summed E-state index contributed by atoms with van der Waals surface area (Å²) < 4.78 is 5.43. The highest BCUT2D eigenvalue weighted by molar-refractivity contribution is 9.09. The molecule has 0 fully saturated rings. The maximum Gasteiger partial charge on any atom is 0.0717 e. The minimum Gasteiger partial charge on any atom is -0.376 e. The molecule has 1 rings (SSSR count). The van der Waals surface area contributed by atoms with E-state index in [1.54, 1.807) is 0 Å². The number of alkyl halides is 1. The molecule has 2 heteroatoms. The van der Waals surface area contributed by atoms with Crippen molar-refractivity contribution in [3.05, 3.63) is 34.9 Å². The average molecular weight is 243 g/mol. The molecule has 0 bridgehead atoms. The number of hydrogen-bond acceptors (Lipinski definition) is 1. The van der Waals surface area contributed by atoms with Gasteiger partial charge in [0.1, 0.15) is 0 Å². The van der Waals surface area contributed by atoms with E-state index in [1.807, 2.05) is 0 Å². The fourth-order valence-electron chi connectivity index (χ4n) is 1.40. The molecule has 0 saturated carbocycles. The highest BCUT2D eigenvalue weighted by Crippen LogP contribution is 2.09. The van der Waals surface area contributed by atoms with Crippen LogP contribution in [0.1, 0.15) is 16.7 Å². The molecule has 0 atom stereocenters. The Balaban J connectivity index is 2.56. The Morgan fingerprint density at radius 2 is 1.77 bits per heavy atom. The first-order chi connectivity index (χ1) is 6.22. The first-order valence-electron chi connectivity index (χ1n) is 4.43. The van der Waals surface area contributed by atoms with E-state index < -0.39 is 0 Å². The number of hydrogen-bond donors (Lipinski definition) is 0. The molecule has 1 aromatic carbocycles. The topological polar surface area (TPSA) is 9.23 Å². The van der Waals surface area contributed by atoms with E-state index in [9.17, 15) is 0 Å². The molecular formula is C11H15BrO. The third kappa shape index (κ3) is 3.92. The molecular weight excluding hydrogens is 228 g/mol. The van der Waals surface area contributed by atoms with E-state index in [4.69, 9.17) is 4.74 Å². The maximum atomic E-state index is 5.43. The van der Waals surface area contributed by atoms with Gasteiger partial charge in [-0.3, -0.25) is 0 Å². The fourth-order valence-corrected chi connectivity index (χ4v) is 1.63. The molecule has 0 spiro atoms. The Hall–Kier alpha value is -0.340. The number of ether oxygens (including phenoxy) is 1. The van der Waals surface area contributed by atoms with Gasteiger partial charge in [-0.05, 0) is 19.4 Å². The second-order valence-electron chi connectivity index (χ2n) is 3.24. The van der Waals surface area contributed by atoms with Crippen LogP contribution in [0.5, 0.6) is 0 Å². The Labute approximate surface area is 88.2 Å². The van der Waals surface area contributed by atoms with E-state index >= 15 is 0 Å². The SMILES string of the molecule is Cc1cc(C)cc(COCCBr)c1. The minimum atomic E-state index is 0.716. The van der Waals surface area contributed by atoms with Gasteiger partial charge >= 0.3 is 0 Å². The summed E-state index contributed by atoms with van der Waals surface area (Å²) in [6, 6.07) is 6.51. The van der Waals surface area contributed by atoms with Crippen molar-refractivity contribution in [1.82, 2.24) is 0 Å². The molecule has 1 nitrogen and oxygen atoms in total. The Kier molecular flexibility index (Phi) is 4.46. The van der Waals surface area contributed by atoms with Crippen molar-refractivity contribution in [3.63, 3.8) is 0 Å². The highest BCUT2D eigenvalue weighted by atomic mass is 79.9. The quantitative estimate of drug-likeness (QED) is 0.582. The van der Waals surface area contributed by atoms with Crippen molar-refractivity contribution >= 4 is 15.9 Å². The molecule has 0 N–H and O–H groups in total. The summed E-state index contributed by atoms with van der Waals surface area (Å²) in [6.45, 7) is 5.71. The zero-order valence-electron chi connectivity index (χ0n) is 8.14.